The van der Waals surface area contributed by atoms with Gasteiger partial charge in [0.2, 0.25) is 0 Å². The van der Waals surface area contributed by atoms with Crippen LogP contribution in [0.15, 0.2) is 0 Å². The van der Waals surface area contributed by atoms with Crippen molar-refractivity contribution < 1.29 is 9.84 Å². The molecule has 4 heteroatoms. The normalized spacial score (nSPS) is 20.4. The molecule has 0 bridgehead atoms. The highest BCUT2D eigenvalue weighted by Crippen LogP contribution is 2.30. The lowest BCUT2D eigenvalue weighted by Gasteiger charge is -2.32. The van der Waals surface area contributed by atoms with E-state index in [0.717, 1.165) is 10.7 Å². The quantitative estimate of drug-likeness (QED) is 0.902. The number of ether oxygens (including phenoxy) is 1. The number of aliphatic hydroxyl groups is 1. The SMILES string of the molecule is COC(C(O)Cc1nc(C)c(C)s1)C1CCCCC1. The van der Waals surface area contributed by atoms with E-state index in [2.05, 4.69) is 11.9 Å². The fraction of sp³-hybridized carbons (Fsp3) is 0.800. The number of methoxy groups -OCH3 is 1. The highest BCUT2D eigenvalue weighted by atomic mass is 32.1. The average molecular weight is 283 g/mol. The smallest absolute Gasteiger partial charge is 0.0957 e. The minimum atomic E-state index is -0.432. The Kier molecular flexibility index (Phi) is 5.37. The van der Waals surface area contributed by atoms with Crippen molar-refractivity contribution in [2.75, 3.05) is 7.11 Å². The van der Waals surface area contributed by atoms with E-state index < -0.39 is 6.10 Å². The first-order chi connectivity index (χ1) is 9.11. The summed E-state index contributed by atoms with van der Waals surface area (Å²) in [5, 5.41) is 11.5. The summed E-state index contributed by atoms with van der Waals surface area (Å²) < 4.78 is 5.59. The molecule has 1 aromatic heterocycles. The molecule has 0 aromatic carbocycles. The molecule has 0 aliphatic heterocycles. The van der Waals surface area contributed by atoms with Crippen molar-refractivity contribution in [2.24, 2.45) is 5.92 Å². The topological polar surface area (TPSA) is 42.4 Å². The Hall–Kier alpha value is -0.450. The molecule has 0 saturated heterocycles. The Balaban J connectivity index is 1.97. The first kappa shape index (κ1) is 14.9. The second-order valence-electron chi connectivity index (χ2n) is 5.62. The van der Waals surface area contributed by atoms with E-state index in [4.69, 9.17) is 4.74 Å². The molecule has 108 valence electrons. The molecule has 3 nitrogen and oxygen atoms in total. The first-order valence-electron chi connectivity index (χ1n) is 7.25. The molecule has 1 heterocycles. The number of aromatic nitrogens is 1. The summed E-state index contributed by atoms with van der Waals surface area (Å²) in [6, 6.07) is 0. The predicted octanol–water partition coefficient (Wildman–Crippen LogP) is 3.26. The minimum Gasteiger partial charge on any atom is -0.390 e. The van der Waals surface area contributed by atoms with Gasteiger partial charge in [-0.25, -0.2) is 4.98 Å². The van der Waals surface area contributed by atoms with E-state index in [1.807, 2.05) is 6.92 Å². The van der Waals surface area contributed by atoms with Crippen molar-refractivity contribution in [3.05, 3.63) is 15.6 Å². The highest BCUT2D eigenvalue weighted by molar-refractivity contribution is 7.11. The summed E-state index contributed by atoms with van der Waals surface area (Å²) in [6.07, 6.45) is 6.39. The van der Waals surface area contributed by atoms with Gasteiger partial charge in [0, 0.05) is 18.4 Å². The fourth-order valence-corrected chi connectivity index (χ4v) is 4.03. The summed E-state index contributed by atoms with van der Waals surface area (Å²) in [5.74, 6) is 0.510. The number of nitrogens with zero attached hydrogens (tertiary/aromatic N) is 1. The number of hydrogen-bond donors (Lipinski definition) is 1. The molecule has 0 spiro atoms. The lowest BCUT2D eigenvalue weighted by molar-refractivity contribution is -0.0535. The van der Waals surface area contributed by atoms with Gasteiger partial charge in [-0.3, -0.25) is 0 Å². The van der Waals surface area contributed by atoms with Crippen LogP contribution in [-0.2, 0) is 11.2 Å². The van der Waals surface area contributed by atoms with Gasteiger partial charge in [-0.2, -0.15) is 0 Å². The summed E-state index contributed by atoms with van der Waals surface area (Å²) in [6.45, 7) is 4.11. The molecule has 2 atom stereocenters. The van der Waals surface area contributed by atoms with Crippen LogP contribution in [0.1, 0.15) is 47.7 Å². The third kappa shape index (κ3) is 3.77. The van der Waals surface area contributed by atoms with Gasteiger partial charge in [-0.15, -0.1) is 11.3 Å². The van der Waals surface area contributed by atoms with Crippen molar-refractivity contribution >= 4 is 11.3 Å². The molecule has 0 radical (unpaired) electrons. The van der Waals surface area contributed by atoms with Crippen LogP contribution >= 0.6 is 11.3 Å². The maximum atomic E-state index is 10.5. The lowest BCUT2D eigenvalue weighted by Crippen LogP contribution is -2.37. The second kappa shape index (κ2) is 6.82. The second-order valence-corrected chi connectivity index (χ2v) is 6.91. The van der Waals surface area contributed by atoms with E-state index in [9.17, 15) is 5.11 Å². The highest BCUT2D eigenvalue weighted by Gasteiger charge is 2.30. The molecular weight excluding hydrogens is 258 g/mol. The maximum Gasteiger partial charge on any atom is 0.0957 e. The lowest BCUT2D eigenvalue weighted by atomic mass is 9.82. The van der Waals surface area contributed by atoms with E-state index in [0.29, 0.717) is 12.3 Å². The Morgan fingerprint density at radius 1 is 1.32 bits per heavy atom. The zero-order chi connectivity index (χ0) is 13.8. The van der Waals surface area contributed by atoms with Crippen molar-refractivity contribution in [3.63, 3.8) is 0 Å². The Morgan fingerprint density at radius 2 is 2.00 bits per heavy atom. The van der Waals surface area contributed by atoms with Crippen molar-refractivity contribution in [1.29, 1.82) is 0 Å². The summed E-state index contributed by atoms with van der Waals surface area (Å²) in [5.41, 5.74) is 1.08. The van der Waals surface area contributed by atoms with Gasteiger partial charge < -0.3 is 9.84 Å². The van der Waals surface area contributed by atoms with Crippen molar-refractivity contribution in [2.45, 2.75) is 64.6 Å². The Morgan fingerprint density at radius 3 is 2.53 bits per heavy atom. The van der Waals surface area contributed by atoms with Crippen molar-refractivity contribution in [1.82, 2.24) is 4.98 Å². The van der Waals surface area contributed by atoms with Gasteiger partial charge in [0.1, 0.15) is 0 Å². The molecule has 1 N–H and O–H groups in total. The Bertz CT molecular complexity index is 379. The van der Waals surface area contributed by atoms with E-state index >= 15 is 0 Å². The van der Waals surface area contributed by atoms with Crippen molar-refractivity contribution in [3.8, 4) is 0 Å². The molecule has 1 aliphatic rings. The number of rotatable bonds is 5. The zero-order valence-electron chi connectivity index (χ0n) is 12.2. The molecule has 1 saturated carbocycles. The largest absolute Gasteiger partial charge is 0.390 e. The summed E-state index contributed by atoms with van der Waals surface area (Å²) in [7, 11) is 1.72. The molecule has 1 aliphatic carbocycles. The number of hydrogen-bond acceptors (Lipinski definition) is 4. The molecule has 1 aromatic rings. The molecule has 0 amide bonds. The van der Waals surface area contributed by atoms with E-state index in [1.165, 1.54) is 37.0 Å². The number of aryl methyl sites for hydroxylation is 2. The van der Waals surface area contributed by atoms with E-state index in [-0.39, 0.29) is 6.10 Å². The number of aliphatic hydroxyl groups excluding tert-OH is 1. The van der Waals surface area contributed by atoms with Gasteiger partial charge >= 0.3 is 0 Å². The monoisotopic (exact) mass is 283 g/mol. The minimum absolute atomic E-state index is 0.0372. The van der Waals surface area contributed by atoms with Crippen LogP contribution in [0.3, 0.4) is 0 Å². The molecule has 2 rings (SSSR count). The predicted molar refractivity (Wildman–Crippen MR) is 78.7 cm³/mol. The average Bonchev–Trinajstić information content (AvgIpc) is 2.70. The van der Waals surface area contributed by atoms with Crippen LogP contribution in [0.4, 0.5) is 0 Å². The van der Waals surface area contributed by atoms with Gasteiger partial charge in [-0.05, 0) is 32.6 Å². The molecule has 2 unspecified atom stereocenters. The third-order valence-corrected chi connectivity index (χ3v) is 5.32. The molecule has 19 heavy (non-hydrogen) atoms. The van der Waals surface area contributed by atoms with Gasteiger partial charge in [-0.1, -0.05) is 19.3 Å². The maximum absolute atomic E-state index is 10.5. The van der Waals surface area contributed by atoms with Crippen LogP contribution in [0.25, 0.3) is 0 Å². The van der Waals surface area contributed by atoms with Crippen LogP contribution < -0.4 is 0 Å². The Labute approximate surface area is 120 Å². The standard InChI is InChI=1S/C15H25NO2S/c1-10-11(2)19-14(16-10)9-13(17)15(18-3)12-7-5-4-6-8-12/h12-13,15,17H,4-9H2,1-3H3. The number of thiazole rings is 1. The fourth-order valence-electron chi connectivity index (χ4n) is 3.05. The van der Waals surface area contributed by atoms with Crippen LogP contribution in [-0.4, -0.2) is 29.4 Å². The molecule has 1 fully saturated rings. The van der Waals surface area contributed by atoms with Gasteiger partial charge in [0.15, 0.2) is 0 Å². The zero-order valence-corrected chi connectivity index (χ0v) is 13.0. The van der Waals surface area contributed by atoms with Crippen LogP contribution in [0, 0.1) is 19.8 Å². The third-order valence-electron chi connectivity index (χ3n) is 4.22. The summed E-state index contributed by atoms with van der Waals surface area (Å²) >= 11 is 1.69. The molecular formula is C15H25NO2S. The van der Waals surface area contributed by atoms with Crippen LogP contribution in [0.5, 0.6) is 0 Å². The van der Waals surface area contributed by atoms with Gasteiger partial charge in [0.05, 0.1) is 22.9 Å². The van der Waals surface area contributed by atoms with E-state index in [1.54, 1.807) is 18.4 Å². The van der Waals surface area contributed by atoms with Crippen LogP contribution in [0.2, 0.25) is 0 Å². The summed E-state index contributed by atoms with van der Waals surface area (Å²) in [4.78, 5) is 5.76. The first-order valence-corrected chi connectivity index (χ1v) is 8.07. The van der Waals surface area contributed by atoms with Gasteiger partial charge in [0.25, 0.3) is 0 Å².